The molecule has 4 rings (SSSR count). The van der Waals surface area contributed by atoms with Crippen molar-refractivity contribution in [2.45, 2.75) is 25.8 Å². The summed E-state index contributed by atoms with van der Waals surface area (Å²) in [5, 5.41) is 10.7. The molecular weight excluding hydrogens is 392 g/mol. The largest absolute Gasteiger partial charge is 0.508 e. The summed E-state index contributed by atoms with van der Waals surface area (Å²) in [4.78, 5) is 4.62. The van der Waals surface area contributed by atoms with Crippen molar-refractivity contribution in [2.24, 2.45) is 5.73 Å². The summed E-state index contributed by atoms with van der Waals surface area (Å²) in [5.41, 5.74) is 13.9. The summed E-state index contributed by atoms with van der Waals surface area (Å²) < 4.78 is 0. The zero-order chi connectivity index (χ0) is 22.5. The van der Waals surface area contributed by atoms with Gasteiger partial charge in [0.05, 0.1) is 11.2 Å². The summed E-state index contributed by atoms with van der Waals surface area (Å²) in [5.74, 6) is 0.221. The van der Waals surface area contributed by atoms with Crippen LogP contribution in [-0.4, -0.2) is 10.1 Å². The number of aromatic nitrogens is 1. The number of aromatic hydroxyl groups is 1. The van der Waals surface area contributed by atoms with Gasteiger partial charge in [-0.3, -0.25) is 0 Å². The predicted molar refractivity (Wildman–Crippen MR) is 135 cm³/mol. The quantitative estimate of drug-likeness (QED) is 0.346. The number of fused-ring (bicyclic) bond motifs is 1. The molecule has 0 saturated carbocycles. The van der Waals surface area contributed by atoms with E-state index >= 15 is 0 Å². The molecule has 3 heteroatoms. The highest BCUT2D eigenvalue weighted by Gasteiger charge is 2.09. The first-order valence-electron chi connectivity index (χ1n) is 10.9. The van der Waals surface area contributed by atoms with Crippen LogP contribution in [0.15, 0.2) is 85.4 Å². The van der Waals surface area contributed by atoms with E-state index < -0.39 is 0 Å². The van der Waals surface area contributed by atoms with Crippen molar-refractivity contribution >= 4 is 28.6 Å². The van der Waals surface area contributed by atoms with Crippen LogP contribution in [0.4, 0.5) is 0 Å². The molecule has 1 heterocycles. The highest BCUT2D eigenvalue weighted by atomic mass is 16.3. The van der Waals surface area contributed by atoms with Gasteiger partial charge in [0.1, 0.15) is 5.75 Å². The van der Waals surface area contributed by atoms with Crippen LogP contribution in [0.25, 0.3) is 28.6 Å². The summed E-state index contributed by atoms with van der Waals surface area (Å²) in [7, 11) is 0. The fraction of sp³-hybridized carbons (Fsp3) is 0.138. The molecule has 0 aliphatic carbocycles. The van der Waals surface area contributed by atoms with Gasteiger partial charge < -0.3 is 10.8 Å². The lowest BCUT2D eigenvalue weighted by Crippen LogP contribution is -2.11. The Hall–Kier alpha value is -3.69. The highest BCUT2D eigenvalue weighted by molar-refractivity contribution is 5.82. The Kier molecular flexibility index (Phi) is 6.48. The van der Waals surface area contributed by atoms with Crippen molar-refractivity contribution in [1.82, 2.24) is 4.98 Å². The molecule has 32 heavy (non-hydrogen) atoms. The topological polar surface area (TPSA) is 59.1 Å². The molecule has 3 N–H and O–H groups in total. The van der Waals surface area contributed by atoms with Gasteiger partial charge in [0.2, 0.25) is 0 Å². The summed E-state index contributed by atoms with van der Waals surface area (Å²) >= 11 is 0. The number of aryl methyl sites for hydroxylation is 1. The van der Waals surface area contributed by atoms with Crippen LogP contribution in [0.2, 0.25) is 0 Å². The Morgan fingerprint density at radius 1 is 1.00 bits per heavy atom. The summed E-state index contributed by atoms with van der Waals surface area (Å²) in [6, 6.07) is 25.9. The van der Waals surface area contributed by atoms with Crippen molar-refractivity contribution in [3.63, 3.8) is 0 Å². The SMILES string of the molecule is C=C(C)c1ccccc1CC[C@H](N)c1cccc(/C=C/c2ccc3ccc(O)cc3n2)c1. The van der Waals surface area contributed by atoms with Crippen LogP contribution in [-0.2, 0) is 6.42 Å². The average Bonchev–Trinajstić information content (AvgIpc) is 2.81. The predicted octanol–water partition coefficient (Wildman–Crippen LogP) is 6.78. The van der Waals surface area contributed by atoms with Crippen molar-refractivity contribution in [3.05, 3.63) is 113 Å². The monoisotopic (exact) mass is 420 g/mol. The molecule has 0 aliphatic rings. The molecule has 3 nitrogen and oxygen atoms in total. The number of nitrogens with two attached hydrogens (primary N) is 1. The van der Waals surface area contributed by atoms with E-state index in [2.05, 4.69) is 54.0 Å². The smallest absolute Gasteiger partial charge is 0.117 e. The molecule has 0 aliphatic heterocycles. The number of rotatable bonds is 7. The lowest BCUT2D eigenvalue weighted by molar-refractivity contribution is 0.476. The number of phenolic OH excluding ortho intramolecular Hbond substituents is 1. The summed E-state index contributed by atoms with van der Waals surface area (Å²) in [6.07, 6.45) is 5.81. The molecular formula is C29H28N2O. The van der Waals surface area contributed by atoms with Crippen LogP contribution in [0, 0.1) is 0 Å². The van der Waals surface area contributed by atoms with Gasteiger partial charge >= 0.3 is 0 Å². The Balaban J connectivity index is 1.47. The number of benzene rings is 3. The summed E-state index contributed by atoms with van der Waals surface area (Å²) in [6.45, 7) is 6.14. The van der Waals surface area contributed by atoms with Crippen molar-refractivity contribution in [1.29, 1.82) is 0 Å². The van der Waals surface area contributed by atoms with Crippen LogP contribution in [0.5, 0.6) is 5.75 Å². The van der Waals surface area contributed by atoms with E-state index in [1.54, 1.807) is 12.1 Å². The Labute approximate surface area is 189 Å². The lowest BCUT2D eigenvalue weighted by Gasteiger charge is -2.15. The van der Waals surface area contributed by atoms with Crippen LogP contribution in [0.1, 0.15) is 47.3 Å². The van der Waals surface area contributed by atoms with Gasteiger partial charge in [-0.1, -0.05) is 72.8 Å². The molecule has 3 aromatic carbocycles. The van der Waals surface area contributed by atoms with Gasteiger partial charge in [-0.05, 0) is 66.3 Å². The van der Waals surface area contributed by atoms with E-state index in [1.165, 1.54) is 11.1 Å². The minimum absolute atomic E-state index is 0.0386. The minimum atomic E-state index is -0.0386. The zero-order valence-electron chi connectivity index (χ0n) is 18.3. The van der Waals surface area contributed by atoms with E-state index in [9.17, 15) is 5.11 Å². The first-order chi connectivity index (χ1) is 15.5. The maximum atomic E-state index is 9.70. The third-order valence-electron chi connectivity index (χ3n) is 5.68. The molecule has 1 atom stereocenters. The van der Waals surface area contributed by atoms with Gasteiger partial charge in [0.25, 0.3) is 0 Å². The second-order valence-electron chi connectivity index (χ2n) is 8.20. The van der Waals surface area contributed by atoms with Crippen molar-refractivity contribution in [3.8, 4) is 5.75 Å². The minimum Gasteiger partial charge on any atom is -0.508 e. The van der Waals surface area contributed by atoms with E-state index in [0.717, 1.165) is 46.1 Å². The second kappa shape index (κ2) is 9.63. The van der Waals surface area contributed by atoms with E-state index in [4.69, 9.17) is 5.73 Å². The molecule has 0 amide bonds. The maximum Gasteiger partial charge on any atom is 0.117 e. The Bertz CT molecular complexity index is 1290. The third-order valence-corrected chi connectivity index (χ3v) is 5.68. The van der Waals surface area contributed by atoms with Crippen LogP contribution in [0.3, 0.4) is 0 Å². The first kappa shape index (κ1) is 21.5. The molecule has 0 radical (unpaired) electrons. The maximum absolute atomic E-state index is 9.70. The van der Waals surface area contributed by atoms with Crippen molar-refractivity contribution < 1.29 is 5.11 Å². The fourth-order valence-electron chi connectivity index (χ4n) is 3.92. The number of nitrogens with zero attached hydrogens (tertiary/aromatic N) is 1. The van der Waals surface area contributed by atoms with Gasteiger partial charge in [0.15, 0.2) is 0 Å². The number of phenols is 1. The normalized spacial score (nSPS) is 12.3. The van der Waals surface area contributed by atoms with Gasteiger partial charge in [-0.2, -0.15) is 0 Å². The Morgan fingerprint density at radius 2 is 1.81 bits per heavy atom. The van der Waals surface area contributed by atoms with Crippen molar-refractivity contribution in [2.75, 3.05) is 0 Å². The second-order valence-corrected chi connectivity index (χ2v) is 8.20. The van der Waals surface area contributed by atoms with Gasteiger partial charge in [-0.15, -0.1) is 0 Å². The first-order valence-corrected chi connectivity index (χ1v) is 10.9. The van der Waals surface area contributed by atoms with E-state index in [1.807, 2.05) is 43.3 Å². The number of hydrogen-bond donors (Lipinski definition) is 2. The molecule has 4 aromatic rings. The zero-order valence-corrected chi connectivity index (χ0v) is 18.3. The number of hydrogen-bond acceptors (Lipinski definition) is 3. The number of pyridine rings is 1. The van der Waals surface area contributed by atoms with Gasteiger partial charge in [-0.25, -0.2) is 4.98 Å². The molecule has 160 valence electrons. The lowest BCUT2D eigenvalue weighted by atomic mass is 9.94. The molecule has 0 spiro atoms. The van der Waals surface area contributed by atoms with Crippen LogP contribution < -0.4 is 5.73 Å². The standard InChI is InChI=1S/C29H28N2O/c1-20(2)27-9-4-3-7-22(27)13-17-28(30)24-8-5-6-21(18-24)10-14-25-15-11-23-12-16-26(32)19-29(23)31-25/h3-12,14-16,18-19,28,32H,1,13,17,30H2,2H3/b14-10+/t28-/m0/s1. The van der Waals surface area contributed by atoms with Gasteiger partial charge in [0, 0.05) is 17.5 Å². The molecule has 0 bridgehead atoms. The fourth-order valence-corrected chi connectivity index (χ4v) is 3.92. The van der Waals surface area contributed by atoms with Crippen LogP contribution >= 0.6 is 0 Å². The van der Waals surface area contributed by atoms with E-state index in [-0.39, 0.29) is 11.8 Å². The molecule has 1 aromatic heterocycles. The third kappa shape index (κ3) is 5.13. The number of allylic oxidation sites excluding steroid dienone is 1. The van der Waals surface area contributed by atoms with E-state index in [0.29, 0.717) is 0 Å². The average molecular weight is 421 g/mol. The molecule has 0 saturated heterocycles. The highest BCUT2D eigenvalue weighted by Crippen LogP contribution is 2.24. The molecule has 0 unspecified atom stereocenters. The molecule has 0 fully saturated rings. The Morgan fingerprint density at radius 3 is 2.66 bits per heavy atom.